The predicted molar refractivity (Wildman–Crippen MR) is 92.7 cm³/mol. The first kappa shape index (κ1) is 18.3. The van der Waals surface area contributed by atoms with Crippen LogP contribution in [0.4, 0.5) is 8.78 Å². The van der Waals surface area contributed by atoms with Crippen LogP contribution in [-0.2, 0) is 4.79 Å². The van der Waals surface area contributed by atoms with E-state index in [1.165, 1.54) is 23.5 Å². The molecule has 0 spiro atoms. The number of aliphatic carboxylic acids is 1. The van der Waals surface area contributed by atoms with E-state index in [0.29, 0.717) is 24.3 Å². The first-order valence-corrected chi connectivity index (χ1v) is 8.93. The minimum atomic E-state index is -2.87. The van der Waals surface area contributed by atoms with Gasteiger partial charge in [-0.3, -0.25) is 9.59 Å². The Morgan fingerprint density at radius 1 is 1.19 bits per heavy atom. The number of rotatable bonds is 5. The second kappa shape index (κ2) is 7.82. The van der Waals surface area contributed by atoms with E-state index in [0.717, 1.165) is 10.4 Å². The van der Waals surface area contributed by atoms with E-state index in [-0.39, 0.29) is 18.2 Å². The van der Waals surface area contributed by atoms with Gasteiger partial charge in [0.15, 0.2) is 0 Å². The molecule has 1 N–H and O–H groups in total. The Bertz CT molecular complexity index is 791. The average molecular weight is 381 g/mol. The van der Waals surface area contributed by atoms with Crippen LogP contribution in [0.3, 0.4) is 0 Å². The molecule has 1 aromatic carbocycles. The molecule has 1 aliphatic rings. The number of ether oxygens (including phenoxy) is 1. The normalized spacial score (nSPS) is 17.3. The lowest BCUT2D eigenvalue weighted by Gasteiger charge is -2.30. The molecular weight excluding hydrogens is 364 g/mol. The summed E-state index contributed by atoms with van der Waals surface area (Å²) in [6, 6.07) is 9.70. The molecule has 1 saturated heterocycles. The lowest BCUT2D eigenvalue weighted by Crippen LogP contribution is -2.42. The van der Waals surface area contributed by atoms with Crippen LogP contribution in [0, 0.1) is 5.92 Å². The Kier molecular flexibility index (Phi) is 5.51. The summed E-state index contributed by atoms with van der Waals surface area (Å²) in [5.41, 5.74) is 0.790. The van der Waals surface area contributed by atoms with E-state index in [9.17, 15) is 18.4 Å². The number of amides is 1. The van der Waals surface area contributed by atoms with Crippen molar-refractivity contribution in [2.24, 2.45) is 5.92 Å². The Balaban J connectivity index is 1.71. The van der Waals surface area contributed by atoms with Gasteiger partial charge >= 0.3 is 12.6 Å². The lowest BCUT2D eigenvalue weighted by atomic mass is 9.98. The highest BCUT2D eigenvalue weighted by molar-refractivity contribution is 7.17. The maximum atomic E-state index is 12.6. The third kappa shape index (κ3) is 4.19. The van der Waals surface area contributed by atoms with Crippen LogP contribution in [0.25, 0.3) is 10.4 Å². The molecule has 1 atom stereocenters. The van der Waals surface area contributed by atoms with Crippen molar-refractivity contribution in [2.45, 2.75) is 19.5 Å². The van der Waals surface area contributed by atoms with E-state index in [2.05, 4.69) is 4.74 Å². The third-order valence-corrected chi connectivity index (χ3v) is 5.36. The Morgan fingerprint density at radius 3 is 2.58 bits per heavy atom. The SMILES string of the molecule is O=C(O)C1CCCN(C(=O)c2ccc(-c3ccc(OC(F)F)cc3)s2)C1. The first-order chi connectivity index (χ1) is 12.4. The van der Waals surface area contributed by atoms with Crippen LogP contribution >= 0.6 is 11.3 Å². The molecule has 26 heavy (non-hydrogen) atoms. The van der Waals surface area contributed by atoms with Crippen LogP contribution < -0.4 is 4.74 Å². The number of hydrogen-bond acceptors (Lipinski definition) is 4. The number of carbonyl (C=O) groups excluding carboxylic acids is 1. The van der Waals surface area contributed by atoms with Gasteiger partial charge in [-0.1, -0.05) is 0 Å². The van der Waals surface area contributed by atoms with Gasteiger partial charge in [-0.05, 0) is 54.8 Å². The zero-order valence-corrected chi connectivity index (χ0v) is 14.5. The number of nitrogens with zero attached hydrogens (tertiary/aromatic N) is 1. The number of carbonyl (C=O) groups is 2. The number of piperidine rings is 1. The van der Waals surface area contributed by atoms with Gasteiger partial charge in [-0.2, -0.15) is 8.78 Å². The molecule has 8 heteroatoms. The van der Waals surface area contributed by atoms with E-state index in [1.54, 1.807) is 29.2 Å². The van der Waals surface area contributed by atoms with Crippen molar-refractivity contribution in [3.05, 3.63) is 41.3 Å². The average Bonchev–Trinajstić information content (AvgIpc) is 3.11. The highest BCUT2D eigenvalue weighted by atomic mass is 32.1. The molecule has 3 rings (SSSR count). The summed E-state index contributed by atoms with van der Waals surface area (Å²) in [4.78, 5) is 26.7. The first-order valence-electron chi connectivity index (χ1n) is 8.11. The van der Waals surface area contributed by atoms with Crippen molar-refractivity contribution in [1.82, 2.24) is 4.90 Å². The van der Waals surface area contributed by atoms with E-state index >= 15 is 0 Å². The monoisotopic (exact) mass is 381 g/mol. The highest BCUT2D eigenvalue weighted by Crippen LogP contribution is 2.31. The fourth-order valence-corrected chi connectivity index (χ4v) is 3.91. The zero-order chi connectivity index (χ0) is 18.7. The number of carboxylic acid groups (broad SMARTS) is 1. The molecule has 1 aromatic heterocycles. The Labute approximate surface area is 152 Å². The number of alkyl halides is 2. The van der Waals surface area contributed by atoms with Crippen LogP contribution in [0.2, 0.25) is 0 Å². The number of hydrogen-bond donors (Lipinski definition) is 1. The van der Waals surface area contributed by atoms with Crippen molar-refractivity contribution >= 4 is 23.2 Å². The molecule has 0 radical (unpaired) electrons. The molecule has 0 bridgehead atoms. The molecule has 5 nitrogen and oxygen atoms in total. The second-order valence-electron chi connectivity index (χ2n) is 6.00. The predicted octanol–water partition coefficient (Wildman–Crippen LogP) is 3.95. The summed E-state index contributed by atoms with van der Waals surface area (Å²) in [6.45, 7) is -2.10. The number of halogens is 2. The molecule has 138 valence electrons. The molecule has 1 amide bonds. The smallest absolute Gasteiger partial charge is 0.387 e. The van der Waals surface area contributed by atoms with Gasteiger partial charge in [0.05, 0.1) is 10.8 Å². The molecule has 1 fully saturated rings. The fraction of sp³-hybridized carbons (Fsp3) is 0.333. The summed E-state index contributed by atoms with van der Waals surface area (Å²) in [5, 5.41) is 9.15. The van der Waals surface area contributed by atoms with Crippen molar-refractivity contribution in [2.75, 3.05) is 13.1 Å². The maximum Gasteiger partial charge on any atom is 0.387 e. The molecule has 0 saturated carbocycles. The summed E-state index contributed by atoms with van der Waals surface area (Å²) in [6.07, 6.45) is 1.26. The van der Waals surface area contributed by atoms with Gasteiger partial charge in [0.25, 0.3) is 5.91 Å². The lowest BCUT2D eigenvalue weighted by molar-refractivity contribution is -0.143. The minimum Gasteiger partial charge on any atom is -0.481 e. The molecule has 1 aliphatic heterocycles. The summed E-state index contributed by atoms with van der Waals surface area (Å²) < 4.78 is 28.7. The molecule has 0 aliphatic carbocycles. The standard InChI is InChI=1S/C18H17F2NO4S/c19-18(20)25-13-5-3-11(4-6-13)14-7-8-15(26-14)16(22)21-9-1-2-12(10-21)17(23)24/h3-8,12,18H,1-2,9-10H2,(H,23,24). The zero-order valence-electron chi connectivity index (χ0n) is 13.7. The van der Waals surface area contributed by atoms with Gasteiger partial charge in [-0.15, -0.1) is 11.3 Å². The highest BCUT2D eigenvalue weighted by Gasteiger charge is 2.29. The van der Waals surface area contributed by atoms with Gasteiger partial charge in [0.2, 0.25) is 0 Å². The Morgan fingerprint density at radius 2 is 1.92 bits per heavy atom. The van der Waals surface area contributed by atoms with Crippen LogP contribution in [0.5, 0.6) is 5.75 Å². The molecule has 2 heterocycles. The van der Waals surface area contributed by atoms with Crippen LogP contribution in [0.15, 0.2) is 36.4 Å². The number of likely N-dealkylation sites (tertiary alicyclic amines) is 1. The van der Waals surface area contributed by atoms with Gasteiger partial charge < -0.3 is 14.7 Å². The van der Waals surface area contributed by atoms with Crippen molar-refractivity contribution in [1.29, 1.82) is 0 Å². The topological polar surface area (TPSA) is 66.8 Å². The molecule has 2 aromatic rings. The number of thiophene rings is 1. The summed E-state index contributed by atoms with van der Waals surface area (Å²) >= 11 is 1.29. The number of benzene rings is 1. The quantitative estimate of drug-likeness (QED) is 0.852. The summed E-state index contributed by atoms with van der Waals surface area (Å²) in [5.74, 6) is -1.50. The minimum absolute atomic E-state index is 0.0737. The van der Waals surface area contributed by atoms with E-state index in [4.69, 9.17) is 5.11 Å². The molecular formula is C18H17F2NO4S. The largest absolute Gasteiger partial charge is 0.481 e. The van der Waals surface area contributed by atoms with Gasteiger partial charge in [0.1, 0.15) is 5.75 Å². The number of carboxylic acids is 1. The second-order valence-corrected chi connectivity index (χ2v) is 7.08. The van der Waals surface area contributed by atoms with Crippen LogP contribution in [-0.4, -0.2) is 41.6 Å². The summed E-state index contributed by atoms with van der Waals surface area (Å²) in [7, 11) is 0. The molecule has 1 unspecified atom stereocenters. The van der Waals surface area contributed by atoms with Crippen molar-refractivity contribution in [3.8, 4) is 16.2 Å². The van der Waals surface area contributed by atoms with E-state index in [1.807, 2.05) is 0 Å². The fourth-order valence-electron chi connectivity index (χ4n) is 2.93. The van der Waals surface area contributed by atoms with Crippen molar-refractivity contribution < 1.29 is 28.2 Å². The van der Waals surface area contributed by atoms with Gasteiger partial charge in [-0.25, -0.2) is 0 Å². The maximum absolute atomic E-state index is 12.6. The van der Waals surface area contributed by atoms with Gasteiger partial charge in [0, 0.05) is 18.0 Å². The van der Waals surface area contributed by atoms with Crippen LogP contribution in [0.1, 0.15) is 22.5 Å². The van der Waals surface area contributed by atoms with E-state index < -0.39 is 18.5 Å². The third-order valence-electron chi connectivity index (χ3n) is 4.24. The Hall–Kier alpha value is -2.48. The van der Waals surface area contributed by atoms with Crippen molar-refractivity contribution in [3.63, 3.8) is 0 Å².